The molecule has 3 rings (SSSR count). The number of carbonyl (C=O) groups is 2. The lowest BCUT2D eigenvalue weighted by Crippen LogP contribution is -2.50. The van der Waals surface area contributed by atoms with Crippen LogP contribution in [0.4, 0.5) is 0 Å². The van der Waals surface area contributed by atoms with Crippen LogP contribution in [0.1, 0.15) is 44.6 Å². The quantitative estimate of drug-likeness (QED) is 0.752. The van der Waals surface area contributed by atoms with Crippen molar-refractivity contribution in [1.29, 1.82) is 0 Å². The minimum absolute atomic E-state index is 0. The summed E-state index contributed by atoms with van der Waals surface area (Å²) < 4.78 is 5.09. The summed E-state index contributed by atoms with van der Waals surface area (Å²) in [5, 5.41) is 0. The summed E-state index contributed by atoms with van der Waals surface area (Å²) in [5.74, 6) is 0.591. The molecule has 1 aromatic carbocycles. The SMILES string of the molecule is CCOC(=O)CN(Cc1ccccc1)C(=O)C1CC2CCCC(C1)C2N.Cl. The Hall–Kier alpha value is -1.59. The largest absolute Gasteiger partial charge is 0.465 e. The lowest BCUT2D eigenvalue weighted by molar-refractivity contribution is -0.151. The van der Waals surface area contributed by atoms with Crippen LogP contribution in [0.15, 0.2) is 30.3 Å². The fourth-order valence-electron chi connectivity index (χ4n) is 4.63. The maximum Gasteiger partial charge on any atom is 0.325 e. The summed E-state index contributed by atoms with van der Waals surface area (Å²) >= 11 is 0. The standard InChI is InChI=1S/C21H30N2O3.ClH/c1-2-26-19(24)14-23(13-15-7-4-3-5-8-15)21(25)18-11-16-9-6-10-17(12-18)20(16)22;/h3-5,7-8,16-18,20H,2,6,9-14,22H2,1H3;1H. The zero-order valence-corrected chi connectivity index (χ0v) is 16.8. The molecule has 2 aliphatic carbocycles. The van der Waals surface area contributed by atoms with Crippen LogP contribution in [-0.2, 0) is 20.9 Å². The zero-order valence-electron chi connectivity index (χ0n) is 16.0. The zero-order chi connectivity index (χ0) is 18.5. The van der Waals surface area contributed by atoms with Crippen LogP contribution < -0.4 is 5.73 Å². The van der Waals surface area contributed by atoms with Crippen molar-refractivity contribution >= 4 is 24.3 Å². The van der Waals surface area contributed by atoms with Gasteiger partial charge >= 0.3 is 5.97 Å². The van der Waals surface area contributed by atoms with Crippen LogP contribution in [0.2, 0.25) is 0 Å². The number of nitrogens with zero attached hydrogens (tertiary/aromatic N) is 1. The van der Waals surface area contributed by atoms with Crippen molar-refractivity contribution in [3.63, 3.8) is 0 Å². The molecule has 27 heavy (non-hydrogen) atoms. The van der Waals surface area contributed by atoms with Crippen molar-refractivity contribution in [2.24, 2.45) is 23.5 Å². The molecular weight excluding hydrogens is 364 g/mol. The third-order valence-electron chi connectivity index (χ3n) is 5.92. The average molecular weight is 395 g/mol. The third kappa shape index (κ3) is 5.45. The van der Waals surface area contributed by atoms with Crippen molar-refractivity contribution in [1.82, 2.24) is 4.90 Å². The predicted octanol–water partition coefficient (Wildman–Crippen LogP) is 3.15. The van der Waals surface area contributed by atoms with E-state index in [4.69, 9.17) is 10.5 Å². The predicted molar refractivity (Wildman–Crippen MR) is 107 cm³/mol. The van der Waals surface area contributed by atoms with E-state index in [0.29, 0.717) is 25.0 Å². The smallest absolute Gasteiger partial charge is 0.325 e. The Kier molecular flexibility index (Phi) is 8.11. The van der Waals surface area contributed by atoms with Crippen LogP contribution in [0.5, 0.6) is 0 Å². The molecule has 0 saturated heterocycles. The van der Waals surface area contributed by atoms with E-state index in [2.05, 4.69) is 0 Å². The third-order valence-corrected chi connectivity index (χ3v) is 5.92. The first kappa shape index (κ1) is 21.7. The Balaban J connectivity index is 0.00000261. The summed E-state index contributed by atoms with van der Waals surface area (Å²) in [4.78, 5) is 27.0. The lowest BCUT2D eigenvalue weighted by atomic mass is 9.65. The number of rotatable bonds is 6. The summed E-state index contributed by atoms with van der Waals surface area (Å²) in [5.41, 5.74) is 7.39. The van der Waals surface area contributed by atoms with Crippen molar-refractivity contribution < 1.29 is 14.3 Å². The van der Waals surface area contributed by atoms with Crippen LogP contribution in [0.3, 0.4) is 0 Å². The van der Waals surface area contributed by atoms with Gasteiger partial charge in [0.1, 0.15) is 6.54 Å². The Morgan fingerprint density at radius 1 is 1.15 bits per heavy atom. The first-order valence-corrected chi connectivity index (χ1v) is 9.82. The van der Waals surface area contributed by atoms with E-state index in [1.54, 1.807) is 11.8 Å². The van der Waals surface area contributed by atoms with E-state index in [1.807, 2.05) is 30.3 Å². The molecule has 150 valence electrons. The number of ether oxygens (including phenoxy) is 1. The molecule has 2 atom stereocenters. The van der Waals surface area contributed by atoms with Crippen molar-refractivity contribution in [2.75, 3.05) is 13.2 Å². The fourth-order valence-corrected chi connectivity index (χ4v) is 4.63. The summed E-state index contributed by atoms with van der Waals surface area (Å²) in [6.07, 6.45) is 5.17. The van der Waals surface area contributed by atoms with Gasteiger partial charge in [-0.25, -0.2) is 0 Å². The molecule has 1 aromatic rings. The number of nitrogens with two attached hydrogens (primary N) is 1. The Morgan fingerprint density at radius 2 is 1.78 bits per heavy atom. The van der Waals surface area contributed by atoms with Gasteiger partial charge in [-0.1, -0.05) is 36.8 Å². The Morgan fingerprint density at radius 3 is 2.37 bits per heavy atom. The second-order valence-electron chi connectivity index (χ2n) is 7.68. The topological polar surface area (TPSA) is 72.6 Å². The van der Waals surface area contributed by atoms with E-state index >= 15 is 0 Å². The maximum absolute atomic E-state index is 13.3. The first-order chi connectivity index (χ1) is 12.6. The number of amides is 1. The van der Waals surface area contributed by atoms with Gasteiger partial charge in [-0.15, -0.1) is 12.4 Å². The highest BCUT2D eigenvalue weighted by atomic mass is 35.5. The summed E-state index contributed by atoms with van der Waals surface area (Å²) in [6.45, 7) is 2.56. The van der Waals surface area contributed by atoms with Crippen molar-refractivity contribution in [2.45, 2.75) is 51.6 Å². The maximum atomic E-state index is 13.3. The Bertz CT molecular complexity index is 611. The van der Waals surface area contributed by atoms with Gasteiger partial charge in [-0.2, -0.15) is 0 Å². The van der Waals surface area contributed by atoms with Gasteiger partial charge in [-0.3, -0.25) is 9.59 Å². The molecule has 0 aromatic heterocycles. The molecule has 1 amide bonds. The summed E-state index contributed by atoms with van der Waals surface area (Å²) in [7, 11) is 0. The normalized spacial score (nSPS) is 26.6. The minimum atomic E-state index is -0.343. The van der Waals surface area contributed by atoms with Crippen LogP contribution in [-0.4, -0.2) is 36.0 Å². The number of halogens is 1. The monoisotopic (exact) mass is 394 g/mol. The number of fused-ring (bicyclic) bond motifs is 2. The second-order valence-corrected chi connectivity index (χ2v) is 7.68. The highest BCUT2D eigenvalue weighted by Crippen LogP contribution is 2.42. The molecule has 6 heteroatoms. The molecule has 2 saturated carbocycles. The van der Waals surface area contributed by atoms with Crippen molar-refractivity contribution in [3.05, 3.63) is 35.9 Å². The number of hydrogen-bond acceptors (Lipinski definition) is 4. The molecule has 2 aliphatic rings. The minimum Gasteiger partial charge on any atom is -0.465 e. The molecule has 2 fully saturated rings. The van der Waals surface area contributed by atoms with Crippen LogP contribution in [0, 0.1) is 17.8 Å². The molecule has 2 N–H and O–H groups in total. The first-order valence-electron chi connectivity index (χ1n) is 9.82. The van der Waals surface area contributed by atoms with Gasteiger partial charge in [0, 0.05) is 18.5 Å². The molecule has 5 nitrogen and oxygen atoms in total. The highest BCUT2D eigenvalue weighted by molar-refractivity contribution is 5.85. The van der Waals surface area contributed by atoms with E-state index in [-0.39, 0.29) is 42.8 Å². The number of hydrogen-bond donors (Lipinski definition) is 1. The van der Waals surface area contributed by atoms with Gasteiger partial charge in [0.15, 0.2) is 0 Å². The molecule has 0 spiro atoms. The summed E-state index contributed by atoms with van der Waals surface area (Å²) in [6, 6.07) is 10.1. The number of carbonyl (C=O) groups excluding carboxylic acids is 2. The van der Waals surface area contributed by atoms with E-state index in [0.717, 1.165) is 31.2 Å². The van der Waals surface area contributed by atoms with E-state index in [1.165, 1.54) is 6.42 Å². The molecule has 2 bridgehead atoms. The average Bonchev–Trinajstić information content (AvgIpc) is 2.61. The fraction of sp³-hybridized carbons (Fsp3) is 0.619. The number of esters is 1. The van der Waals surface area contributed by atoms with Gasteiger partial charge in [0.2, 0.25) is 5.91 Å². The molecular formula is C21H31ClN2O3. The second kappa shape index (κ2) is 10.1. The van der Waals surface area contributed by atoms with Crippen LogP contribution in [0.25, 0.3) is 0 Å². The Labute approximate surface area is 168 Å². The van der Waals surface area contributed by atoms with E-state index < -0.39 is 0 Å². The molecule has 2 unspecified atom stereocenters. The van der Waals surface area contributed by atoms with Crippen molar-refractivity contribution in [3.8, 4) is 0 Å². The van der Waals surface area contributed by atoms with Gasteiger partial charge in [0.25, 0.3) is 0 Å². The van der Waals surface area contributed by atoms with Gasteiger partial charge in [-0.05, 0) is 50.0 Å². The van der Waals surface area contributed by atoms with Gasteiger partial charge in [0.05, 0.1) is 6.61 Å². The lowest BCUT2D eigenvalue weighted by Gasteiger charge is -2.44. The van der Waals surface area contributed by atoms with E-state index in [9.17, 15) is 9.59 Å². The van der Waals surface area contributed by atoms with Crippen LogP contribution >= 0.6 is 12.4 Å². The highest BCUT2D eigenvalue weighted by Gasteiger charge is 2.41. The molecule has 0 radical (unpaired) electrons. The number of benzene rings is 1. The van der Waals surface area contributed by atoms with Gasteiger partial charge < -0.3 is 15.4 Å². The molecule has 0 heterocycles. The molecule has 0 aliphatic heterocycles.